The van der Waals surface area contributed by atoms with Gasteiger partial charge in [0.1, 0.15) is 5.82 Å². The van der Waals surface area contributed by atoms with Gasteiger partial charge in [0, 0.05) is 24.3 Å². The van der Waals surface area contributed by atoms with Crippen LogP contribution in [0.4, 0.5) is 4.39 Å². The molecular weight excluding hydrogens is 273 g/mol. The number of hydrogen-bond acceptors (Lipinski definition) is 1. The van der Waals surface area contributed by atoms with Gasteiger partial charge in [-0.3, -0.25) is 4.79 Å². The number of nitrogens with zero attached hydrogens (tertiary/aromatic N) is 1. The lowest BCUT2D eigenvalue weighted by molar-refractivity contribution is -0.128. The second kappa shape index (κ2) is 4.53. The van der Waals surface area contributed by atoms with E-state index in [1.165, 1.54) is 12.1 Å². The van der Waals surface area contributed by atoms with E-state index >= 15 is 0 Å². The van der Waals surface area contributed by atoms with Crippen LogP contribution in [-0.2, 0) is 11.3 Å². The van der Waals surface area contributed by atoms with Crippen LogP contribution in [0.1, 0.15) is 17.5 Å². The summed E-state index contributed by atoms with van der Waals surface area (Å²) in [4.78, 5) is 13.5. The number of aryl methyl sites for hydroxylation is 1. The molecule has 1 aliphatic rings. The Kier molecular flexibility index (Phi) is 3.28. The maximum absolute atomic E-state index is 13.2. The van der Waals surface area contributed by atoms with Gasteiger partial charge >= 0.3 is 0 Å². The molecular formula is C12H13BrFNO. The average Bonchev–Trinajstić information content (AvgIpc) is 2.43. The Morgan fingerprint density at radius 2 is 2.25 bits per heavy atom. The minimum Gasteiger partial charge on any atom is -0.337 e. The van der Waals surface area contributed by atoms with Gasteiger partial charge in [-0.25, -0.2) is 4.39 Å². The summed E-state index contributed by atoms with van der Waals surface area (Å²) >= 11 is 3.42. The topological polar surface area (TPSA) is 20.3 Å². The lowest BCUT2D eigenvalue weighted by Crippen LogP contribution is -2.24. The third-order valence-corrected chi connectivity index (χ3v) is 3.26. The Balaban J connectivity index is 2.12. The Bertz CT molecular complexity index is 401. The summed E-state index contributed by atoms with van der Waals surface area (Å²) < 4.78 is 13.2. The smallest absolute Gasteiger partial charge is 0.224 e. The number of hydrogen-bond donors (Lipinski definition) is 0. The fraction of sp³-hybridized carbons (Fsp3) is 0.417. The predicted molar refractivity (Wildman–Crippen MR) is 63.9 cm³/mol. The Morgan fingerprint density at radius 1 is 1.50 bits per heavy atom. The molecule has 0 N–H and O–H groups in total. The number of likely N-dealkylation sites (tertiary alicyclic amines) is 1. The van der Waals surface area contributed by atoms with Crippen molar-refractivity contribution in [3.8, 4) is 0 Å². The molecule has 0 spiro atoms. The molecule has 0 radical (unpaired) electrons. The second-order valence-corrected chi connectivity index (χ2v) is 5.51. The summed E-state index contributed by atoms with van der Waals surface area (Å²) in [5, 5.41) is 0. The molecule has 4 heteroatoms. The molecule has 1 fully saturated rings. The maximum atomic E-state index is 13.2. The molecule has 86 valence electrons. The summed E-state index contributed by atoms with van der Waals surface area (Å²) in [6, 6.07) is 4.89. The van der Waals surface area contributed by atoms with Crippen LogP contribution < -0.4 is 0 Å². The van der Waals surface area contributed by atoms with Gasteiger partial charge in [0.25, 0.3) is 0 Å². The van der Waals surface area contributed by atoms with Crippen molar-refractivity contribution in [2.75, 3.05) is 6.54 Å². The van der Waals surface area contributed by atoms with Gasteiger partial charge < -0.3 is 4.90 Å². The fourth-order valence-electron chi connectivity index (χ4n) is 2.00. The molecule has 0 bridgehead atoms. The van der Waals surface area contributed by atoms with Crippen molar-refractivity contribution in [2.24, 2.45) is 0 Å². The van der Waals surface area contributed by atoms with Crippen LogP contribution >= 0.6 is 15.9 Å². The lowest BCUT2D eigenvalue weighted by Gasteiger charge is -2.16. The lowest BCUT2D eigenvalue weighted by atomic mass is 10.1. The van der Waals surface area contributed by atoms with E-state index in [1.54, 1.807) is 4.90 Å². The summed E-state index contributed by atoms with van der Waals surface area (Å²) in [5.74, 6) is -0.110. The number of halogens is 2. The molecule has 1 amide bonds. The number of benzene rings is 1. The largest absolute Gasteiger partial charge is 0.337 e. The first-order chi connectivity index (χ1) is 7.54. The van der Waals surface area contributed by atoms with Gasteiger partial charge in [-0.2, -0.15) is 0 Å². The van der Waals surface area contributed by atoms with E-state index in [1.807, 2.05) is 13.0 Å². The molecule has 1 heterocycles. The molecule has 2 rings (SSSR count). The number of amides is 1. The molecule has 1 unspecified atom stereocenters. The molecule has 0 saturated carbocycles. The van der Waals surface area contributed by atoms with Gasteiger partial charge in [0.2, 0.25) is 5.91 Å². The summed E-state index contributed by atoms with van der Waals surface area (Å²) in [6.07, 6.45) is 0.536. The van der Waals surface area contributed by atoms with E-state index in [9.17, 15) is 9.18 Å². The van der Waals surface area contributed by atoms with Crippen LogP contribution in [0, 0.1) is 12.7 Å². The normalized spacial score (nSPS) is 20.6. The minimum absolute atomic E-state index is 0.129. The standard InChI is InChI=1S/C12H13BrFNO/c1-8-2-9(4-11(14)3-8)6-15-7-10(13)5-12(15)16/h2-4,10H,5-7H2,1H3. The third-order valence-electron chi connectivity index (χ3n) is 2.64. The highest BCUT2D eigenvalue weighted by Crippen LogP contribution is 2.21. The number of carbonyl (C=O) groups excluding carboxylic acids is 1. The fourth-order valence-corrected chi connectivity index (χ4v) is 2.63. The van der Waals surface area contributed by atoms with Crippen LogP contribution in [0.3, 0.4) is 0 Å². The number of carbonyl (C=O) groups is 1. The Labute approximate surface area is 103 Å². The van der Waals surface area contributed by atoms with Gasteiger partial charge in [0.15, 0.2) is 0 Å². The van der Waals surface area contributed by atoms with Crippen molar-refractivity contribution in [1.82, 2.24) is 4.90 Å². The van der Waals surface area contributed by atoms with E-state index in [2.05, 4.69) is 15.9 Å². The van der Waals surface area contributed by atoms with E-state index in [0.717, 1.165) is 11.1 Å². The number of rotatable bonds is 2. The first-order valence-corrected chi connectivity index (χ1v) is 6.14. The van der Waals surface area contributed by atoms with E-state index < -0.39 is 0 Å². The van der Waals surface area contributed by atoms with Crippen molar-refractivity contribution < 1.29 is 9.18 Å². The monoisotopic (exact) mass is 285 g/mol. The molecule has 0 aliphatic carbocycles. The zero-order valence-electron chi connectivity index (χ0n) is 9.04. The highest BCUT2D eigenvalue weighted by Gasteiger charge is 2.27. The predicted octanol–water partition coefficient (Wildman–Crippen LogP) is 2.63. The van der Waals surface area contributed by atoms with Crippen LogP contribution in [-0.4, -0.2) is 22.2 Å². The van der Waals surface area contributed by atoms with Gasteiger partial charge in [-0.05, 0) is 30.2 Å². The summed E-state index contributed by atoms with van der Waals surface area (Å²) in [7, 11) is 0. The van der Waals surface area contributed by atoms with E-state index in [0.29, 0.717) is 19.5 Å². The molecule has 1 atom stereocenters. The molecule has 16 heavy (non-hydrogen) atoms. The molecule has 1 aromatic carbocycles. The molecule has 0 aromatic heterocycles. The Morgan fingerprint density at radius 3 is 2.81 bits per heavy atom. The van der Waals surface area contributed by atoms with Crippen LogP contribution in [0.25, 0.3) is 0 Å². The zero-order valence-corrected chi connectivity index (χ0v) is 10.6. The number of alkyl halides is 1. The second-order valence-electron chi connectivity index (χ2n) is 4.21. The van der Waals surface area contributed by atoms with Crippen LogP contribution in [0.15, 0.2) is 18.2 Å². The van der Waals surface area contributed by atoms with Crippen molar-refractivity contribution in [3.05, 3.63) is 35.1 Å². The molecule has 1 aliphatic heterocycles. The highest BCUT2D eigenvalue weighted by atomic mass is 79.9. The Hall–Kier alpha value is -0.900. The van der Waals surface area contributed by atoms with E-state index in [4.69, 9.17) is 0 Å². The quantitative estimate of drug-likeness (QED) is 0.765. The average molecular weight is 286 g/mol. The van der Waals surface area contributed by atoms with Crippen molar-refractivity contribution in [3.63, 3.8) is 0 Å². The van der Waals surface area contributed by atoms with Crippen molar-refractivity contribution in [1.29, 1.82) is 0 Å². The SMILES string of the molecule is Cc1cc(F)cc(CN2CC(Br)CC2=O)c1. The highest BCUT2D eigenvalue weighted by molar-refractivity contribution is 9.09. The van der Waals surface area contributed by atoms with E-state index in [-0.39, 0.29) is 16.6 Å². The molecule has 2 nitrogen and oxygen atoms in total. The first-order valence-electron chi connectivity index (χ1n) is 5.22. The van der Waals surface area contributed by atoms with Crippen LogP contribution in [0.5, 0.6) is 0 Å². The maximum Gasteiger partial charge on any atom is 0.224 e. The van der Waals surface area contributed by atoms with Crippen molar-refractivity contribution in [2.45, 2.75) is 24.7 Å². The van der Waals surface area contributed by atoms with Crippen molar-refractivity contribution >= 4 is 21.8 Å². The van der Waals surface area contributed by atoms with Gasteiger partial charge in [0.05, 0.1) is 0 Å². The zero-order chi connectivity index (χ0) is 11.7. The summed E-state index contributed by atoms with van der Waals surface area (Å²) in [5.41, 5.74) is 1.74. The molecule has 1 aromatic rings. The first kappa shape index (κ1) is 11.6. The minimum atomic E-state index is -0.239. The van der Waals surface area contributed by atoms with Gasteiger partial charge in [-0.15, -0.1) is 0 Å². The third kappa shape index (κ3) is 2.61. The van der Waals surface area contributed by atoms with Gasteiger partial charge in [-0.1, -0.05) is 22.0 Å². The molecule has 1 saturated heterocycles. The van der Waals surface area contributed by atoms with Crippen LogP contribution in [0.2, 0.25) is 0 Å². The summed E-state index contributed by atoms with van der Waals surface area (Å²) in [6.45, 7) is 3.06.